The Balaban J connectivity index is 1.19. The summed E-state index contributed by atoms with van der Waals surface area (Å²) in [5, 5.41) is 4.64. The maximum absolute atomic E-state index is 5.08. The minimum absolute atomic E-state index is 0.975. The van der Waals surface area contributed by atoms with Crippen molar-refractivity contribution in [3.8, 4) is 33.6 Å². The molecule has 4 aromatic heterocycles. The van der Waals surface area contributed by atoms with E-state index in [9.17, 15) is 0 Å². The number of hydrogen-bond acceptors (Lipinski definition) is 2. The highest BCUT2D eigenvalue weighted by molar-refractivity contribution is 5.99. The standard InChI is InChI=1S/C35H24N4/c1-21-5-4-7-27-29(20-37-35(21)27)32-16-13-23-9-10-24(17-33(23)39-32)25-11-14-26-28(19-36-34(26)18-25)31-15-12-22-6-2-3-8-30(22)38-31/h2-20,36-37H,1H3. The maximum atomic E-state index is 5.08. The number of aryl methyl sites for hydroxylation is 1. The SMILES string of the molecule is Cc1cccc2c(-c3ccc4ccc(-c5ccc6c(-c7ccc8ccccc8n7)c[nH]c6c5)cc4n3)c[nH]c12. The van der Waals surface area contributed by atoms with Gasteiger partial charge in [-0.2, -0.15) is 0 Å². The number of aromatic amines is 2. The molecule has 0 radical (unpaired) electrons. The molecule has 4 heteroatoms. The average Bonchev–Trinajstić information content (AvgIpc) is 3.61. The molecule has 8 aromatic rings. The van der Waals surface area contributed by atoms with Gasteiger partial charge < -0.3 is 9.97 Å². The van der Waals surface area contributed by atoms with Gasteiger partial charge in [-0.3, -0.25) is 0 Å². The van der Waals surface area contributed by atoms with E-state index in [1.165, 1.54) is 16.5 Å². The van der Waals surface area contributed by atoms with Gasteiger partial charge in [-0.05, 0) is 53.9 Å². The number of para-hydroxylation sites is 2. The fourth-order valence-electron chi connectivity index (χ4n) is 5.70. The van der Waals surface area contributed by atoms with E-state index in [1.54, 1.807) is 0 Å². The number of nitrogens with zero attached hydrogens (tertiary/aromatic N) is 2. The minimum atomic E-state index is 0.975. The predicted octanol–water partition coefficient (Wildman–Crippen LogP) is 9.06. The van der Waals surface area contributed by atoms with Crippen molar-refractivity contribution in [1.82, 2.24) is 19.9 Å². The molecule has 184 valence electrons. The van der Waals surface area contributed by atoms with E-state index in [2.05, 4.69) is 120 Å². The van der Waals surface area contributed by atoms with E-state index in [1.807, 2.05) is 12.1 Å². The minimum Gasteiger partial charge on any atom is -0.360 e. The van der Waals surface area contributed by atoms with Gasteiger partial charge in [0.05, 0.1) is 22.4 Å². The van der Waals surface area contributed by atoms with Gasteiger partial charge >= 0.3 is 0 Å². The lowest BCUT2D eigenvalue weighted by atomic mass is 10.0. The van der Waals surface area contributed by atoms with E-state index < -0.39 is 0 Å². The van der Waals surface area contributed by atoms with Crippen LogP contribution in [0.5, 0.6) is 0 Å². The van der Waals surface area contributed by atoms with E-state index in [0.717, 1.165) is 66.4 Å². The fraction of sp³-hybridized carbons (Fsp3) is 0.0286. The van der Waals surface area contributed by atoms with Crippen molar-refractivity contribution in [2.75, 3.05) is 0 Å². The van der Waals surface area contributed by atoms with Crippen LogP contribution < -0.4 is 0 Å². The Kier molecular flexibility index (Phi) is 4.70. The third-order valence-electron chi connectivity index (χ3n) is 7.78. The fourth-order valence-corrected chi connectivity index (χ4v) is 5.70. The van der Waals surface area contributed by atoms with Crippen molar-refractivity contribution in [3.05, 3.63) is 121 Å². The second kappa shape index (κ2) is 8.40. The molecule has 0 fully saturated rings. The molecule has 4 nitrogen and oxygen atoms in total. The lowest BCUT2D eigenvalue weighted by Gasteiger charge is -2.07. The van der Waals surface area contributed by atoms with Gasteiger partial charge in [0.15, 0.2) is 0 Å². The molecule has 0 aliphatic heterocycles. The number of pyridine rings is 2. The van der Waals surface area contributed by atoms with Crippen LogP contribution >= 0.6 is 0 Å². The van der Waals surface area contributed by atoms with Gasteiger partial charge in [0.25, 0.3) is 0 Å². The Bertz CT molecular complexity index is 2200. The van der Waals surface area contributed by atoms with Crippen molar-refractivity contribution in [1.29, 1.82) is 0 Å². The van der Waals surface area contributed by atoms with Crippen molar-refractivity contribution < 1.29 is 0 Å². The first kappa shape index (κ1) is 21.8. The Morgan fingerprint density at radius 1 is 0.538 bits per heavy atom. The summed E-state index contributed by atoms with van der Waals surface area (Å²) in [5.41, 5.74) is 12.0. The van der Waals surface area contributed by atoms with Crippen LogP contribution in [0.1, 0.15) is 5.56 Å². The normalized spacial score (nSPS) is 11.7. The largest absolute Gasteiger partial charge is 0.360 e. The average molecular weight is 501 g/mol. The quantitative estimate of drug-likeness (QED) is 0.254. The van der Waals surface area contributed by atoms with Crippen LogP contribution in [0.15, 0.2) is 116 Å². The summed E-state index contributed by atoms with van der Waals surface area (Å²) in [4.78, 5) is 16.9. The van der Waals surface area contributed by atoms with Gasteiger partial charge in [0, 0.05) is 56.1 Å². The maximum Gasteiger partial charge on any atom is 0.0731 e. The molecule has 0 saturated heterocycles. The van der Waals surface area contributed by atoms with Gasteiger partial charge in [-0.15, -0.1) is 0 Å². The summed E-state index contributed by atoms with van der Waals surface area (Å²) in [6.45, 7) is 2.13. The van der Waals surface area contributed by atoms with E-state index in [0.29, 0.717) is 0 Å². The molecule has 4 aromatic carbocycles. The molecule has 2 N–H and O–H groups in total. The first-order valence-corrected chi connectivity index (χ1v) is 13.2. The molecule has 8 rings (SSSR count). The van der Waals surface area contributed by atoms with Crippen molar-refractivity contribution in [2.24, 2.45) is 0 Å². The first-order valence-electron chi connectivity index (χ1n) is 13.2. The monoisotopic (exact) mass is 500 g/mol. The second-order valence-electron chi connectivity index (χ2n) is 10.2. The second-order valence-corrected chi connectivity index (χ2v) is 10.2. The van der Waals surface area contributed by atoms with E-state index in [-0.39, 0.29) is 0 Å². The lowest BCUT2D eigenvalue weighted by Crippen LogP contribution is -1.87. The van der Waals surface area contributed by atoms with Crippen LogP contribution in [0.2, 0.25) is 0 Å². The number of H-pyrrole nitrogens is 2. The zero-order valence-electron chi connectivity index (χ0n) is 21.4. The number of rotatable bonds is 3. The smallest absolute Gasteiger partial charge is 0.0731 e. The van der Waals surface area contributed by atoms with Gasteiger partial charge in [0.2, 0.25) is 0 Å². The van der Waals surface area contributed by atoms with Crippen LogP contribution in [0, 0.1) is 6.92 Å². The van der Waals surface area contributed by atoms with E-state index >= 15 is 0 Å². The molecule has 0 unspecified atom stereocenters. The topological polar surface area (TPSA) is 57.4 Å². The zero-order valence-corrected chi connectivity index (χ0v) is 21.4. The van der Waals surface area contributed by atoms with Crippen LogP contribution in [0.25, 0.3) is 77.3 Å². The highest BCUT2D eigenvalue weighted by Gasteiger charge is 2.12. The lowest BCUT2D eigenvalue weighted by molar-refractivity contribution is 1.39. The summed E-state index contributed by atoms with van der Waals surface area (Å²) in [5.74, 6) is 0. The van der Waals surface area contributed by atoms with Gasteiger partial charge in [0.1, 0.15) is 0 Å². The molecule has 0 aliphatic carbocycles. The third-order valence-corrected chi connectivity index (χ3v) is 7.78. The van der Waals surface area contributed by atoms with Crippen LogP contribution in [0.3, 0.4) is 0 Å². The number of aromatic nitrogens is 4. The number of hydrogen-bond donors (Lipinski definition) is 2. The van der Waals surface area contributed by atoms with Crippen LogP contribution in [-0.4, -0.2) is 19.9 Å². The summed E-state index contributed by atoms with van der Waals surface area (Å²) in [6.07, 6.45) is 4.12. The predicted molar refractivity (Wildman–Crippen MR) is 162 cm³/mol. The molecule has 39 heavy (non-hydrogen) atoms. The Morgan fingerprint density at radius 3 is 2.13 bits per heavy atom. The number of benzene rings is 4. The summed E-state index contributed by atoms with van der Waals surface area (Å²) < 4.78 is 0. The molecule has 0 amide bonds. The summed E-state index contributed by atoms with van der Waals surface area (Å²) in [7, 11) is 0. The molecule has 0 atom stereocenters. The van der Waals surface area contributed by atoms with E-state index in [4.69, 9.17) is 9.97 Å². The Labute approximate surface area is 225 Å². The van der Waals surface area contributed by atoms with Gasteiger partial charge in [-0.25, -0.2) is 9.97 Å². The molecule has 0 bridgehead atoms. The van der Waals surface area contributed by atoms with Crippen LogP contribution in [-0.2, 0) is 0 Å². The number of fused-ring (bicyclic) bond motifs is 4. The molecular formula is C35H24N4. The van der Waals surface area contributed by atoms with Gasteiger partial charge in [-0.1, -0.05) is 72.8 Å². The molecule has 0 spiro atoms. The molecule has 0 saturated carbocycles. The highest BCUT2D eigenvalue weighted by atomic mass is 14.7. The third kappa shape index (κ3) is 3.53. The summed E-state index contributed by atoms with van der Waals surface area (Å²) >= 11 is 0. The first-order chi connectivity index (χ1) is 19.2. The highest BCUT2D eigenvalue weighted by Crippen LogP contribution is 2.34. The zero-order chi connectivity index (χ0) is 25.9. The Hall–Kier alpha value is -5.22. The van der Waals surface area contributed by atoms with Crippen LogP contribution in [0.4, 0.5) is 0 Å². The van der Waals surface area contributed by atoms with Crippen molar-refractivity contribution >= 4 is 43.6 Å². The molecular weight excluding hydrogens is 476 g/mol. The van der Waals surface area contributed by atoms with Crippen molar-refractivity contribution in [2.45, 2.75) is 6.92 Å². The summed E-state index contributed by atoms with van der Waals surface area (Å²) in [6, 6.07) is 36.2. The number of nitrogens with one attached hydrogen (secondary N) is 2. The van der Waals surface area contributed by atoms with Crippen molar-refractivity contribution in [3.63, 3.8) is 0 Å². The molecule has 4 heterocycles. The molecule has 0 aliphatic rings. The Morgan fingerprint density at radius 2 is 1.23 bits per heavy atom.